The Bertz CT molecular complexity index is 1440. The molecule has 8 heteroatoms. The Hall–Kier alpha value is -2.51. The summed E-state index contributed by atoms with van der Waals surface area (Å²) < 4.78 is 2.25. The fraction of sp³-hybridized carbons (Fsp3) is 0.533. The molecule has 0 radical (unpaired) electrons. The Morgan fingerprint density at radius 1 is 1.13 bits per heavy atom. The van der Waals surface area contributed by atoms with E-state index in [0.29, 0.717) is 24.3 Å². The molecule has 0 bridgehead atoms. The van der Waals surface area contributed by atoms with E-state index in [1.807, 2.05) is 43.5 Å². The third kappa shape index (κ3) is 3.96. The molecule has 6 nitrogen and oxygen atoms in total. The molecule has 3 aliphatic carbocycles. The summed E-state index contributed by atoms with van der Waals surface area (Å²) in [5, 5.41) is 11.0. The van der Waals surface area contributed by atoms with Gasteiger partial charge in [-0.2, -0.15) is 0 Å². The summed E-state index contributed by atoms with van der Waals surface area (Å²) in [4.78, 5) is 22.3. The number of amides is 1. The van der Waals surface area contributed by atoms with Crippen LogP contribution >= 0.6 is 22.9 Å². The van der Waals surface area contributed by atoms with E-state index in [9.17, 15) is 4.79 Å². The van der Waals surface area contributed by atoms with Gasteiger partial charge in [-0.15, -0.1) is 21.5 Å². The van der Waals surface area contributed by atoms with E-state index in [0.717, 1.165) is 71.5 Å². The lowest BCUT2D eigenvalue weighted by Crippen LogP contribution is -2.37. The number of fused-ring (bicyclic) bond motifs is 6. The molecule has 4 aliphatic rings. The third-order valence-electron chi connectivity index (χ3n) is 9.13. The molecule has 1 aromatic carbocycles. The molecule has 1 atom stereocenters. The molecule has 3 heterocycles. The van der Waals surface area contributed by atoms with Gasteiger partial charge in [-0.3, -0.25) is 14.4 Å². The van der Waals surface area contributed by atoms with E-state index in [-0.39, 0.29) is 5.54 Å². The van der Waals surface area contributed by atoms with Gasteiger partial charge in [0, 0.05) is 40.5 Å². The molecule has 7 rings (SSSR count). The van der Waals surface area contributed by atoms with Gasteiger partial charge in [-0.25, -0.2) is 0 Å². The van der Waals surface area contributed by atoms with Crippen LogP contribution in [-0.4, -0.2) is 44.4 Å². The topological polar surface area (TPSA) is 63.4 Å². The standard InChI is InChI=1S/C30H34ClN5OS/c1-18-33-34-29-30(13-14-30)32-27(21-11-7-8-12-23(21)31)26-22-15-19(16-24(22)38-28(26)36(18)29)17-25(37)35(2)20-9-5-3-4-6-10-20/h7-8,11-12,19-20H,3-6,9-10,13-17H2,1-2H3/t19-/m0/s1. The Kier molecular flexibility index (Phi) is 6.00. The maximum atomic E-state index is 13.4. The van der Waals surface area contributed by atoms with Crippen LogP contribution < -0.4 is 0 Å². The minimum Gasteiger partial charge on any atom is -0.343 e. The molecule has 1 amide bonds. The molecule has 1 spiro atoms. The van der Waals surface area contributed by atoms with Crippen LogP contribution in [0.25, 0.3) is 5.00 Å². The van der Waals surface area contributed by atoms with Crippen molar-refractivity contribution in [2.24, 2.45) is 10.9 Å². The average Bonchev–Trinajstić information content (AvgIpc) is 3.43. The lowest BCUT2D eigenvalue weighted by molar-refractivity contribution is -0.133. The van der Waals surface area contributed by atoms with Crippen LogP contribution in [0.15, 0.2) is 29.3 Å². The minimum atomic E-state index is -0.323. The predicted octanol–water partition coefficient (Wildman–Crippen LogP) is 6.42. The third-order valence-corrected chi connectivity index (χ3v) is 10.7. The van der Waals surface area contributed by atoms with E-state index in [1.54, 1.807) is 0 Å². The zero-order valence-electron chi connectivity index (χ0n) is 22.2. The first kappa shape index (κ1) is 24.5. The molecule has 2 saturated carbocycles. The minimum absolute atomic E-state index is 0.303. The van der Waals surface area contributed by atoms with Crippen molar-refractivity contribution >= 4 is 34.6 Å². The molecule has 0 unspecified atom stereocenters. The normalized spacial score (nSPS) is 21.8. The van der Waals surface area contributed by atoms with Crippen molar-refractivity contribution in [3.05, 3.63) is 62.5 Å². The first-order valence-electron chi connectivity index (χ1n) is 14.1. The summed E-state index contributed by atoms with van der Waals surface area (Å²) in [6.07, 6.45) is 11.8. The van der Waals surface area contributed by atoms with E-state index in [4.69, 9.17) is 16.6 Å². The Morgan fingerprint density at radius 2 is 1.89 bits per heavy atom. The summed E-state index contributed by atoms with van der Waals surface area (Å²) in [7, 11) is 2.03. The summed E-state index contributed by atoms with van der Waals surface area (Å²) in [5.74, 6) is 2.49. The number of nitrogens with zero attached hydrogens (tertiary/aromatic N) is 5. The van der Waals surface area contributed by atoms with Crippen molar-refractivity contribution in [3.63, 3.8) is 0 Å². The predicted molar refractivity (Wildman–Crippen MR) is 152 cm³/mol. The first-order chi connectivity index (χ1) is 18.4. The number of hydrogen-bond acceptors (Lipinski definition) is 5. The summed E-state index contributed by atoms with van der Waals surface area (Å²) in [6.45, 7) is 2.03. The van der Waals surface area contributed by atoms with Gasteiger partial charge < -0.3 is 4.90 Å². The second-order valence-corrected chi connectivity index (χ2v) is 13.2. The monoisotopic (exact) mass is 547 g/mol. The molecule has 38 heavy (non-hydrogen) atoms. The van der Waals surface area contributed by atoms with Gasteiger partial charge in [-0.1, -0.05) is 55.5 Å². The zero-order chi connectivity index (χ0) is 26.0. The van der Waals surface area contributed by atoms with Gasteiger partial charge in [0.2, 0.25) is 5.91 Å². The van der Waals surface area contributed by atoms with Gasteiger partial charge in [0.15, 0.2) is 5.82 Å². The van der Waals surface area contributed by atoms with Crippen LogP contribution in [0.5, 0.6) is 0 Å². The number of aryl methyl sites for hydroxylation is 1. The van der Waals surface area contributed by atoms with E-state index in [2.05, 4.69) is 25.7 Å². The number of aliphatic imine (C=N–C) groups is 1. The SMILES string of the molecule is Cc1nnc2n1-c1sc3c(c1C(c1ccccc1Cl)=NC21CC1)C[C@H](CC(=O)N(C)C1CCCCCC1)C3. The van der Waals surface area contributed by atoms with Crippen molar-refractivity contribution in [1.82, 2.24) is 19.7 Å². The molecule has 2 fully saturated rings. The highest BCUT2D eigenvalue weighted by Gasteiger charge is 2.52. The molecule has 2 aromatic heterocycles. The van der Waals surface area contributed by atoms with Gasteiger partial charge in [-0.05, 0) is 63.0 Å². The number of carbonyl (C=O) groups excluding carboxylic acids is 1. The van der Waals surface area contributed by atoms with E-state index in [1.165, 1.54) is 41.7 Å². The maximum absolute atomic E-state index is 13.4. The van der Waals surface area contributed by atoms with Crippen molar-refractivity contribution in [2.45, 2.75) is 89.1 Å². The number of thiophene rings is 1. The Balaban J connectivity index is 1.24. The van der Waals surface area contributed by atoms with Gasteiger partial charge in [0.05, 0.1) is 5.71 Å². The zero-order valence-corrected chi connectivity index (χ0v) is 23.7. The smallest absolute Gasteiger partial charge is 0.222 e. The van der Waals surface area contributed by atoms with Gasteiger partial charge >= 0.3 is 0 Å². The second-order valence-electron chi connectivity index (χ2n) is 11.7. The number of hydrogen-bond donors (Lipinski definition) is 0. The summed E-state index contributed by atoms with van der Waals surface area (Å²) in [6, 6.07) is 8.45. The molecule has 0 N–H and O–H groups in total. The Morgan fingerprint density at radius 3 is 2.63 bits per heavy atom. The van der Waals surface area contributed by atoms with Crippen LogP contribution in [0.2, 0.25) is 5.02 Å². The Labute approximate surface area is 233 Å². The summed E-state index contributed by atoms with van der Waals surface area (Å²) >= 11 is 8.62. The van der Waals surface area contributed by atoms with Crippen molar-refractivity contribution in [1.29, 1.82) is 0 Å². The van der Waals surface area contributed by atoms with Crippen LogP contribution in [0.3, 0.4) is 0 Å². The van der Waals surface area contributed by atoms with Crippen LogP contribution in [0, 0.1) is 12.8 Å². The van der Waals surface area contributed by atoms with Crippen LogP contribution in [0.1, 0.15) is 91.0 Å². The van der Waals surface area contributed by atoms with Gasteiger partial charge in [0.25, 0.3) is 0 Å². The molecular weight excluding hydrogens is 514 g/mol. The molecule has 0 saturated heterocycles. The molecule has 198 valence electrons. The highest BCUT2D eigenvalue weighted by molar-refractivity contribution is 7.15. The second kappa shape index (κ2) is 9.30. The molecule has 1 aliphatic heterocycles. The molecular formula is C30H34ClN5OS. The van der Waals surface area contributed by atoms with Crippen molar-refractivity contribution < 1.29 is 4.79 Å². The van der Waals surface area contributed by atoms with E-state index >= 15 is 0 Å². The number of benzene rings is 1. The average molecular weight is 548 g/mol. The first-order valence-corrected chi connectivity index (χ1v) is 15.3. The van der Waals surface area contributed by atoms with Crippen molar-refractivity contribution in [3.8, 4) is 5.00 Å². The lowest BCUT2D eigenvalue weighted by atomic mass is 9.96. The van der Waals surface area contributed by atoms with Crippen molar-refractivity contribution in [2.75, 3.05) is 7.05 Å². The lowest BCUT2D eigenvalue weighted by Gasteiger charge is -2.28. The molecule has 3 aromatic rings. The summed E-state index contributed by atoms with van der Waals surface area (Å²) in [5.41, 5.74) is 4.16. The number of halogens is 1. The highest BCUT2D eigenvalue weighted by Crippen LogP contribution is 2.54. The van der Waals surface area contributed by atoms with Crippen LogP contribution in [0.4, 0.5) is 0 Å². The maximum Gasteiger partial charge on any atom is 0.222 e. The number of carbonyl (C=O) groups is 1. The van der Waals surface area contributed by atoms with E-state index < -0.39 is 0 Å². The largest absolute Gasteiger partial charge is 0.343 e. The highest BCUT2D eigenvalue weighted by atomic mass is 35.5. The number of aromatic nitrogens is 3. The fourth-order valence-electron chi connectivity index (χ4n) is 6.82. The van der Waals surface area contributed by atoms with Crippen LogP contribution in [-0.2, 0) is 23.2 Å². The number of rotatable bonds is 4. The fourth-order valence-corrected chi connectivity index (χ4v) is 8.53. The van der Waals surface area contributed by atoms with Gasteiger partial charge in [0.1, 0.15) is 16.4 Å². The quantitative estimate of drug-likeness (QED) is 0.354.